The number of hydrogen-bond acceptors (Lipinski definition) is 5. The fourth-order valence-corrected chi connectivity index (χ4v) is 8.69. The summed E-state index contributed by atoms with van der Waals surface area (Å²) in [6, 6.07) is 11.0. The second kappa shape index (κ2) is 16.4. The molecule has 2 unspecified atom stereocenters. The highest BCUT2D eigenvalue weighted by Gasteiger charge is 2.36. The van der Waals surface area contributed by atoms with Gasteiger partial charge in [-0.3, -0.25) is 0 Å². The maximum Gasteiger partial charge on any atom is 0.171 e. The van der Waals surface area contributed by atoms with E-state index in [4.69, 9.17) is 13.6 Å². The van der Waals surface area contributed by atoms with Gasteiger partial charge in [0.05, 0.1) is 17.8 Å². The average molecular weight is 647 g/mol. The highest BCUT2D eigenvalue weighted by atomic mass is 32.1. The first kappa shape index (κ1) is 38.0. The standard InChI is InChI=1S/C36H62O4SSi2/c1-14-26(18-17-23-36(37,15-2)16-3)31-22-20-28(41-31)25-38-27-19-21-29(32(34(4,5)6)39-42(10)11)30(24-27)33(35(7,8)9)40-43(12)13/h18-22,24,32-33,37,42-43H,14-17,23,25H2,1-13H3. The third-order valence-corrected chi connectivity index (χ3v) is 10.8. The van der Waals surface area contributed by atoms with Crippen LogP contribution in [-0.2, 0) is 15.5 Å². The largest absolute Gasteiger partial charge is 0.488 e. The molecule has 0 spiro atoms. The van der Waals surface area contributed by atoms with Crippen LogP contribution < -0.4 is 4.74 Å². The lowest BCUT2D eigenvalue weighted by molar-refractivity contribution is 0.0246. The summed E-state index contributed by atoms with van der Waals surface area (Å²) in [5.74, 6) is 0.871. The van der Waals surface area contributed by atoms with Crippen LogP contribution >= 0.6 is 11.3 Å². The molecule has 2 aromatic rings. The summed E-state index contributed by atoms with van der Waals surface area (Å²) < 4.78 is 19.9. The van der Waals surface area contributed by atoms with Gasteiger partial charge in [0.2, 0.25) is 0 Å². The van der Waals surface area contributed by atoms with E-state index in [2.05, 4.69) is 125 Å². The highest BCUT2D eigenvalue weighted by molar-refractivity contribution is 7.13. The molecule has 0 amide bonds. The molecule has 0 radical (unpaired) electrons. The van der Waals surface area contributed by atoms with Crippen LogP contribution in [0.1, 0.15) is 128 Å². The number of aliphatic hydroxyl groups is 1. The summed E-state index contributed by atoms with van der Waals surface area (Å²) in [5, 5.41) is 10.7. The van der Waals surface area contributed by atoms with E-state index in [-0.39, 0.29) is 23.0 Å². The van der Waals surface area contributed by atoms with Crippen molar-refractivity contribution in [3.8, 4) is 5.75 Å². The highest BCUT2D eigenvalue weighted by Crippen LogP contribution is 2.46. The molecular formula is C36H62O4SSi2. The first-order valence-electron chi connectivity index (χ1n) is 16.5. The summed E-state index contributed by atoms with van der Waals surface area (Å²) in [5.41, 5.74) is 3.10. The molecule has 2 atom stereocenters. The van der Waals surface area contributed by atoms with Gasteiger partial charge in [-0.05, 0) is 110 Å². The van der Waals surface area contributed by atoms with Gasteiger partial charge in [0.25, 0.3) is 0 Å². The molecule has 0 fully saturated rings. The Morgan fingerprint density at radius 3 is 1.88 bits per heavy atom. The van der Waals surface area contributed by atoms with Gasteiger partial charge in [-0.2, -0.15) is 0 Å². The Bertz CT molecular complexity index is 1150. The van der Waals surface area contributed by atoms with E-state index >= 15 is 0 Å². The molecule has 1 N–H and O–H groups in total. The maximum atomic E-state index is 10.7. The maximum absolute atomic E-state index is 10.7. The van der Waals surface area contributed by atoms with Crippen LogP contribution in [0.15, 0.2) is 36.4 Å². The molecule has 0 saturated carbocycles. The van der Waals surface area contributed by atoms with E-state index in [1.54, 1.807) is 11.3 Å². The van der Waals surface area contributed by atoms with Gasteiger partial charge in [0, 0.05) is 9.75 Å². The van der Waals surface area contributed by atoms with E-state index < -0.39 is 23.7 Å². The van der Waals surface area contributed by atoms with Crippen LogP contribution in [0.5, 0.6) is 5.75 Å². The zero-order valence-corrected chi connectivity index (χ0v) is 32.7. The van der Waals surface area contributed by atoms with E-state index in [9.17, 15) is 5.11 Å². The lowest BCUT2D eigenvalue weighted by Gasteiger charge is -2.39. The van der Waals surface area contributed by atoms with Crippen LogP contribution in [-0.4, -0.2) is 28.8 Å². The van der Waals surface area contributed by atoms with Gasteiger partial charge in [0.1, 0.15) is 12.4 Å². The Hall–Kier alpha value is -1.23. The van der Waals surface area contributed by atoms with Crippen molar-refractivity contribution in [2.75, 3.05) is 0 Å². The van der Waals surface area contributed by atoms with Crippen LogP contribution in [0.2, 0.25) is 26.2 Å². The average Bonchev–Trinajstić information content (AvgIpc) is 3.39. The Morgan fingerprint density at radius 1 is 0.837 bits per heavy atom. The Kier molecular flexibility index (Phi) is 14.4. The summed E-state index contributed by atoms with van der Waals surface area (Å²) in [4.78, 5) is 2.50. The van der Waals surface area contributed by atoms with Crippen LogP contribution in [0.25, 0.3) is 5.57 Å². The predicted molar refractivity (Wildman–Crippen MR) is 192 cm³/mol. The third kappa shape index (κ3) is 11.6. The smallest absolute Gasteiger partial charge is 0.171 e. The van der Waals surface area contributed by atoms with Crippen molar-refractivity contribution in [3.63, 3.8) is 0 Å². The molecule has 244 valence electrons. The Labute approximate surface area is 271 Å². The first-order chi connectivity index (χ1) is 19.9. The molecule has 7 heteroatoms. The zero-order chi connectivity index (χ0) is 32.6. The van der Waals surface area contributed by atoms with Crippen molar-refractivity contribution >= 4 is 35.0 Å². The number of benzene rings is 1. The lowest BCUT2D eigenvalue weighted by Crippen LogP contribution is -2.31. The summed E-state index contributed by atoms with van der Waals surface area (Å²) in [6.45, 7) is 29.5. The van der Waals surface area contributed by atoms with Gasteiger partial charge in [-0.15, -0.1) is 11.3 Å². The minimum atomic E-state index is -1.32. The monoisotopic (exact) mass is 646 g/mol. The quantitative estimate of drug-likeness (QED) is 0.184. The van der Waals surface area contributed by atoms with E-state index in [1.165, 1.54) is 26.5 Å². The number of hydrogen-bond donors (Lipinski definition) is 1. The van der Waals surface area contributed by atoms with Crippen molar-refractivity contribution in [2.24, 2.45) is 10.8 Å². The van der Waals surface area contributed by atoms with Crippen LogP contribution in [0.3, 0.4) is 0 Å². The van der Waals surface area contributed by atoms with Gasteiger partial charge < -0.3 is 18.7 Å². The van der Waals surface area contributed by atoms with E-state index in [0.29, 0.717) is 6.61 Å². The number of rotatable bonds is 16. The Morgan fingerprint density at radius 2 is 1.40 bits per heavy atom. The molecular weight excluding hydrogens is 585 g/mol. The van der Waals surface area contributed by atoms with Gasteiger partial charge >= 0.3 is 0 Å². The molecule has 2 rings (SSSR count). The SMILES string of the molecule is CCC(=CCCC(O)(CC)CC)c1ccc(COc2ccc(C(O[SiH](C)C)C(C)(C)C)c(C(O[SiH](C)C)C(C)(C)C)c2)s1. The van der Waals surface area contributed by atoms with Crippen molar-refractivity contribution in [3.05, 3.63) is 57.3 Å². The second-order valence-electron chi connectivity index (χ2n) is 14.8. The molecule has 0 aliphatic heterocycles. The topological polar surface area (TPSA) is 47.9 Å². The molecule has 1 heterocycles. The number of ether oxygens (including phenoxy) is 1. The fourth-order valence-electron chi connectivity index (χ4n) is 5.46. The summed E-state index contributed by atoms with van der Waals surface area (Å²) in [7, 11) is -2.62. The van der Waals surface area contributed by atoms with Gasteiger partial charge in [-0.25, -0.2) is 0 Å². The molecule has 0 aliphatic carbocycles. The zero-order valence-electron chi connectivity index (χ0n) is 29.6. The molecule has 0 saturated heterocycles. The minimum Gasteiger partial charge on any atom is -0.488 e. The number of thiophene rings is 1. The molecule has 4 nitrogen and oxygen atoms in total. The molecule has 43 heavy (non-hydrogen) atoms. The summed E-state index contributed by atoms with van der Waals surface area (Å²) >= 11 is 1.81. The minimum absolute atomic E-state index is 0.00440. The van der Waals surface area contributed by atoms with Crippen LogP contribution in [0, 0.1) is 10.8 Å². The van der Waals surface area contributed by atoms with Gasteiger partial charge in [-0.1, -0.05) is 74.5 Å². The first-order valence-corrected chi connectivity index (χ1v) is 22.9. The Balaban J connectivity index is 2.38. The van der Waals surface area contributed by atoms with Crippen molar-refractivity contribution < 1.29 is 18.7 Å². The van der Waals surface area contributed by atoms with Crippen molar-refractivity contribution in [1.29, 1.82) is 0 Å². The van der Waals surface area contributed by atoms with Crippen LogP contribution in [0.4, 0.5) is 0 Å². The van der Waals surface area contributed by atoms with Gasteiger partial charge in [0.15, 0.2) is 18.1 Å². The fraction of sp³-hybridized carbons (Fsp3) is 0.667. The molecule has 1 aromatic heterocycles. The molecule has 1 aromatic carbocycles. The molecule has 0 aliphatic rings. The van der Waals surface area contributed by atoms with E-state index in [0.717, 1.165) is 37.9 Å². The normalized spacial score (nSPS) is 14.9. The summed E-state index contributed by atoms with van der Waals surface area (Å²) in [6.07, 6.45) is 6.55. The lowest BCUT2D eigenvalue weighted by atomic mass is 9.77. The predicted octanol–water partition coefficient (Wildman–Crippen LogP) is 10.6. The van der Waals surface area contributed by atoms with E-state index in [1.807, 2.05) is 0 Å². The third-order valence-electron chi connectivity index (χ3n) is 8.07. The second-order valence-corrected chi connectivity index (χ2v) is 20.7. The molecule has 0 bridgehead atoms. The van der Waals surface area contributed by atoms with Crippen molar-refractivity contribution in [1.82, 2.24) is 0 Å². The van der Waals surface area contributed by atoms with Crippen molar-refractivity contribution in [2.45, 2.75) is 145 Å². The number of allylic oxidation sites excluding steroid dienone is 2.